The van der Waals surface area contributed by atoms with Crippen LogP contribution in [-0.4, -0.2) is 52.6 Å². The van der Waals surface area contributed by atoms with Crippen molar-refractivity contribution in [2.75, 3.05) is 33.2 Å². The summed E-state index contributed by atoms with van der Waals surface area (Å²) in [6.07, 6.45) is 2.04. The lowest BCUT2D eigenvalue weighted by Crippen LogP contribution is -2.43. The van der Waals surface area contributed by atoms with Crippen molar-refractivity contribution in [1.82, 2.24) is 19.4 Å². The monoisotopic (exact) mass is 339 g/mol. The number of hydrogen-bond acceptors (Lipinski definition) is 4. The molecule has 0 aliphatic carbocycles. The third kappa shape index (κ3) is 3.11. The molecule has 5 heteroatoms. The molecule has 0 N–H and O–H groups in total. The minimum atomic E-state index is 0.963. The maximum absolute atomic E-state index is 4.87. The SMILES string of the molecule is CCn1c[c]c2cc(-c3nc(CN4CCN(C)CC4)cs3)ccc21. The summed E-state index contributed by atoms with van der Waals surface area (Å²) >= 11 is 1.74. The molecule has 0 amide bonds. The van der Waals surface area contributed by atoms with Gasteiger partial charge in [0, 0.05) is 73.4 Å². The molecule has 4 nitrogen and oxygen atoms in total. The predicted molar refractivity (Wildman–Crippen MR) is 100 cm³/mol. The van der Waals surface area contributed by atoms with Crippen molar-refractivity contribution in [2.45, 2.75) is 20.0 Å². The smallest absolute Gasteiger partial charge is 0.123 e. The van der Waals surface area contributed by atoms with Crippen LogP contribution in [0.4, 0.5) is 0 Å². The molecule has 1 aliphatic heterocycles. The van der Waals surface area contributed by atoms with Crippen LogP contribution in [0.2, 0.25) is 0 Å². The van der Waals surface area contributed by atoms with Gasteiger partial charge in [0.2, 0.25) is 0 Å². The van der Waals surface area contributed by atoms with E-state index in [1.807, 2.05) is 6.20 Å². The molecule has 125 valence electrons. The van der Waals surface area contributed by atoms with E-state index in [2.05, 4.69) is 58.0 Å². The van der Waals surface area contributed by atoms with Gasteiger partial charge < -0.3 is 9.47 Å². The van der Waals surface area contributed by atoms with E-state index < -0.39 is 0 Å². The van der Waals surface area contributed by atoms with Crippen molar-refractivity contribution >= 4 is 22.2 Å². The van der Waals surface area contributed by atoms with Gasteiger partial charge in [-0.1, -0.05) is 0 Å². The fraction of sp³-hybridized carbons (Fsp3) is 0.421. The number of hydrogen-bond donors (Lipinski definition) is 0. The molecule has 0 spiro atoms. The predicted octanol–water partition coefficient (Wildman–Crippen LogP) is 3.33. The van der Waals surface area contributed by atoms with Crippen LogP contribution in [0.3, 0.4) is 0 Å². The Morgan fingerprint density at radius 2 is 2.04 bits per heavy atom. The third-order valence-electron chi connectivity index (χ3n) is 4.80. The molecule has 4 rings (SSSR count). The zero-order chi connectivity index (χ0) is 16.5. The van der Waals surface area contributed by atoms with Gasteiger partial charge in [0.25, 0.3) is 0 Å². The van der Waals surface area contributed by atoms with Crippen LogP contribution in [-0.2, 0) is 13.1 Å². The topological polar surface area (TPSA) is 24.3 Å². The number of likely N-dealkylation sites (N-methyl/N-ethyl adjacent to an activating group) is 1. The van der Waals surface area contributed by atoms with E-state index >= 15 is 0 Å². The fourth-order valence-corrected chi connectivity index (χ4v) is 4.07. The first-order chi connectivity index (χ1) is 11.7. The van der Waals surface area contributed by atoms with Gasteiger partial charge in [-0.3, -0.25) is 4.90 Å². The summed E-state index contributed by atoms with van der Waals surface area (Å²) in [5.41, 5.74) is 3.63. The van der Waals surface area contributed by atoms with E-state index in [4.69, 9.17) is 4.98 Å². The highest BCUT2D eigenvalue weighted by molar-refractivity contribution is 7.13. The quantitative estimate of drug-likeness (QED) is 0.729. The van der Waals surface area contributed by atoms with Crippen molar-refractivity contribution in [1.29, 1.82) is 0 Å². The number of thiazole rings is 1. The molecule has 2 aromatic heterocycles. The second kappa shape index (κ2) is 6.67. The Hall–Kier alpha value is -1.69. The van der Waals surface area contributed by atoms with E-state index in [0.717, 1.165) is 44.3 Å². The lowest BCUT2D eigenvalue weighted by Gasteiger charge is -2.31. The van der Waals surface area contributed by atoms with Gasteiger partial charge in [-0.05, 0) is 32.2 Å². The van der Waals surface area contributed by atoms with Crippen molar-refractivity contribution in [3.63, 3.8) is 0 Å². The van der Waals surface area contributed by atoms with E-state index in [9.17, 15) is 0 Å². The van der Waals surface area contributed by atoms with Crippen LogP contribution < -0.4 is 0 Å². The first kappa shape index (κ1) is 15.8. The Bertz CT molecular complexity index is 827. The van der Waals surface area contributed by atoms with Crippen molar-refractivity contribution in [3.05, 3.63) is 41.5 Å². The van der Waals surface area contributed by atoms with Crippen LogP contribution >= 0.6 is 11.3 Å². The molecule has 1 saturated heterocycles. The van der Waals surface area contributed by atoms with Gasteiger partial charge in [0.05, 0.1) is 5.69 Å². The molecule has 1 aliphatic rings. The highest BCUT2D eigenvalue weighted by atomic mass is 32.1. The van der Waals surface area contributed by atoms with Crippen LogP contribution in [0.5, 0.6) is 0 Å². The van der Waals surface area contributed by atoms with Gasteiger partial charge in [0.15, 0.2) is 0 Å². The molecule has 0 saturated carbocycles. The number of aryl methyl sites for hydroxylation is 1. The maximum Gasteiger partial charge on any atom is 0.123 e. The number of fused-ring (bicyclic) bond motifs is 1. The Morgan fingerprint density at radius 1 is 1.21 bits per heavy atom. The highest BCUT2D eigenvalue weighted by Gasteiger charge is 2.15. The van der Waals surface area contributed by atoms with Gasteiger partial charge >= 0.3 is 0 Å². The zero-order valence-electron chi connectivity index (χ0n) is 14.3. The summed E-state index contributed by atoms with van der Waals surface area (Å²) in [5.74, 6) is 0. The maximum atomic E-state index is 4.87. The third-order valence-corrected chi connectivity index (χ3v) is 5.74. The number of aromatic nitrogens is 2. The number of piperazine rings is 1. The Kier molecular flexibility index (Phi) is 4.39. The first-order valence-electron chi connectivity index (χ1n) is 8.59. The highest BCUT2D eigenvalue weighted by Crippen LogP contribution is 2.28. The lowest BCUT2D eigenvalue weighted by molar-refractivity contribution is 0.147. The Labute approximate surface area is 147 Å². The molecule has 0 bridgehead atoms. The average Bonchev–Trinajstić information content (AvgIpc) is 3.23. The largest absolute Gasteiger partial charge is 0.347 e. The molecule has 0 atom stereocenters. The lowest BCUT2D eigenvalue weighted by atomic mass is 10.1. The van der Waals surface area contributed by atoms with Crippen LogP contribution in [0, 0.1) is 6.07 Å². The van der Waals surface area contributed by atoms with E-state index in [1.54, 1.807) is 11.3 Å². The molecule has 1 aromatic carbocycles. The van der Waals surface area contributed by atoms with Gasteiger partial charge in [-0.2, -0.15) is 0 Å². The van der Waals surface area contributed by atoms with Crippen LogP contribution in [0.25, 0.3) is 21.5 Å². The fourth-order valence-electron chi connectivity index (χ4n) is 3.26. The van der Waals surface area contributed by atoms with Gasteiger partial charge in [-0.15, -0.1) is 11.3 Å². The standard InChI is InChI=1S/C19H23N4S/c1-3-23-7-6-15-12-16(4-5-18(15)23)19-20-17(14-24-19)13-22-10-8-21(2)9-11-22/h4-5,7,12,14H,3,8-11,13H2,1-2H3. The summed E-state index contributed by atoms with van der Waals surface area (Å²) in [4.78, 5) is 9.75. The minimum absolute atomic E-state index is 0.963. The van der Waals surface area contributed by atoms with E-state index in [1.165, 1.54) is 22.2 Å². The first-order valence-corrected chi connectivity index (χ1v) is 9.47. The zero-order valence-corrected chi connectivity index (χ0v) is 15.1. The molecule has 24 heavy (non-hydrogen) atoms. The number of benzene rings is 1. The molecule has 0 unspecified atom stereocenters. The average molecular weight is 339 g/mol. The summed E-state index contributed by atoms with van der Waals surface area (Å²) < 4.78 is 2.22. The minimum Gasteiger partial charge on any atom is -0.347 e. The van der Waals surface area contributed by atoms with Crippen molar-refractivity contribution in [3.8, 4) is 10.6 Å². The van der Waals surface area contributed by atoms with Crippen molar-refractivity contribution in [2.24, 2.45) is 0 Å². The van der Waals surface area contributed by atoms with E-state index in [-0.39, 0.29) is 0 Å². The summed E-state index contributed by atoms with van der Waals surface area (Å²) in [7, 11) is 2.19. The Balaban J connectivity index is 1.52. The summed E-state index contributed by atoms with van der Waals surface area (Å²) in [6, 6.07) is 9.93. The number of nitrogens with zero attached hydrogens (tertiary/aromatic N) is 4. The molecule has 1 radical (unpaired) electrons. The summed E-state index contributed by atoms with van der Waals surface area (Å²) in [6.45, 7) is 8.67. The van der Waals surface area contributed by atoms with Gasteiger partial charge in [0.1, 0.15) is 5.01 Å². The van der Waals surface area contributed by atoms with Crippen molar-refractivity contribution < 1.29 is 0 Å². The second-order valence-corrected chi connectivity index (χ2v) is 7.37. The van der Waals surface area contributed by atoms with Gasteiger partial charge in [-0.25, -0.2) is 4.98 Å². The molecule has 3 aromatic rings. The number of rotatable bonds is 4. The Morgan fingerprint density at radius 3 is 2.83 bits per heavy atom. The molecule has 3 heterocycles. The second-order valence-electron chi connectivity index (χ2n) is 6.51. The molecular weight excluding hydrogens is 316 g/mol. The summed E-state index contributed by atoms with van der Waals surface area (Å²) in [5, 5.41) is 4.49. The normalized spacial score (nSPS) is 16.9. The molecular formula is C19H23N4S. The van der Waals surface area contributed by atoms with Crippen LogP contribution in [0.15, 0.2) is 29.8 Å². The van der Waals surface area contributed by atoms with E-state index in [0.29, 0.717) is 0 Å². The van der Waals surface area contributed by atoms with Crippen LogP contribution in [0.1, 0.15) is 12.6 Å². The molecule has 1 fully saturated rings.